The Bertz CT molecular complexity index is 787. The number of para-hydroxylation sites is 2. The first-order valence-electron chi connectivity index (χ1n) is 7.18. The molecule has 1 aromatic heterocycles. The van der Waals surface area contributed by atoms with Crippen LogP contribution in [0.4, 0.5) is 5.95 Å². The van der Waals surface area contributed by atoms with Gasteiger partial charge in [0.15, 0.2) is 5.78 Å². The van der Waals surface area contributed by atoms with Gasteiger partial charge in [0.1, 0.15) is 0 Å². The maximum Gasteiger partial charge on any atom is 0.204 e. The molecule has 0 fully saturated rings. The minimum Gasteiger partial charge on any atom is -0.395 e. The highest BCUT2D eigenvalue weighted by Gasteiger charge is 2.14. The van der Waals surface area contributed by atoms with Gasteiger partial charge in [-0.15, -0.1) is 17.0 Å². The molecule has 3 aromatic rings. The first kappa shape index (κ1) is 17.2. The van der Waals surface area contributed by atoms with Gasteiger partial charge in [-0.1, -0.05) is 42.5 Å². The van der Waals surface area contributed by atoms with E-state index >= 15 is 0 Å². The molecule has 0 unspecified atom stereocenters. The molecular weight excluding hydrogens is 358 g/mol. The number of aliphatic hydroxyl groups is 1. The van der Waals surface area contributed by atoms with Gasteiger partial charge < -0.3 is 15.0 Å². The van der Waals surface area contributed by atoms with E-state index < -0.39 is 0 Å². The predicted octanol–water partition coefficient (Wildman–Crippen LogP) is 2.90. The first-order valence-corrected chi connectivity index (χ1v) is 7.18. The van der Waals surface area contributed by atoms with Gasteiger partial charge in [0.05, 0.1) is 24.2 Å². The van der Waals surface area contributed by atoms with E-state index in [0.717, 1.165) is 11.0 Å². The number of hydrogen-bond donors (Lipinski definition) is 2. The first-order chi connectivity index (χ1) is 10.8. The van der Waals surface area contributed by atoms with E-state index in [4.69, 9.17) is 5.11 Å². The van der Waals surface area contributed by atoms with Crippen molar-refractivity contribution in [2.75, 3.05) is 18.5 Å². The van der Waals surface area contributed by atoms with Crippen LogP contribution in [0.1, 0.15) is 10.4 Å². The molecule has 120 valence electrons. The molecule has 0 aliphatic rings. The molecule has 0 saturated carbocycles. The average Bonchev–Trinajstić information content (AvgIpc) is 2.91. The van der Waals surface area contributed by atoms with Gasteiger partial charge in [-0.25, -0.2) is 4.98 Å². The lowest BCUT2D eigenvalue weighted by atomic mass is 10.1. The van der Waals surface area contributed by atoms with Crippen LogP contribution in [-0.4, -0.2) is 33.6 Å². The van der Waals surface area contributed by atoms with Gasteiger partial charge in [-0.05, 0) is 12.1 Å². The third-order valence-electron chi connectivity index (χ3n) is 3.45. The minimum atomic E-state index is 0. The van der Waals surface area contributed by atoms with Crippen LogP contribution in [0.15, 0.2) is 54.6 Å². The number of Topliss-reactive ketones (excluding diaryl/α,β-unsaturated/α-hetero) is 1. The van der Waals surface area contributed by atoms with Crippen LogP contribution in [0.5, 0.6) is 0 Å². The molecule has 6 heteroatoms. The zero-order chi connectivity index (χ0) is 15.4. The van der Waals surface area contributed by atoms with E-state index in [-0.39, 0.29) is 35.9 Å². The fraction of sp³-hybridized carbons (Fsp3) is 0.176. The van der Waals surface area contributed by atoms with Crippen molar-refractivity contribution >= 4 is 39.7 Å². The SMILES string of the molecule is Br.O=C(Cn1c(NCCO)nc2ccccc21)c1ccccc1. The van der Waals surface area contributed by atoms with Crippen molar-refractivity contribution in [1.82, 2.24) is 9.55 Å². The molecule has 5 nitrogen and oxygen atoms in total. The van der Waals surface area contributed by atoms with E-state index in [9.17, 15) is 4.79 Å². The number of imidazole rings is 1. The van der Waals surface area contributed by atoms with Crippen LogP contribution in [0.2, 0.25) is 0 Å². The number of nitrogens with zero attached hydrogens (tertiary/aromatic N) is 2. The monoisotopic (exact) mass is 375 g/mol. The Hall–Kier alpha value is -2.18. The maximum atomic E-state index is 12.5. The molecule has 0 amide bonds. The Balaban J connectivity index is 0.00000192. The van der Waals surface area contributed by atoms with Gasteiger partial charge in [0.25, 0.3) is 0 Å². The summed E-state index contributed by atoms with van der Waals surface area (Å²) in [5, 5.41) is 12.0. The van der Waals surface area contributed by atoms with E-state index in [0.29, 0.717) is 18.1 Å². The van der Waals surface area contributed by atoms with E-state index in [2.05, 4.69) is 10.3 Å². The summed E-state index contributed by atoms with van der Waals surface area (Å²) in [6, 6.07) is 16.9. The van der Waals surface area contributed by atoms with Crippen LogP contribution >= 0.6 is 17.0 Å². The number of rotatable bonds is 6. The third-order valence-corrected chi connectivity index (χ3v) is 3.45. The number of nitrogens with one attached hydrogen (secondary N) is 1. The molecule has 2 aromatic carbocycles. The highest BCUT2D eigenvalue weighted by molar-refractivity contribution is 8.93. The van der Waals surface area contributed by atoms with Crippen molar-refractivity contribution in [2.24, 2.45) is 0 Å². The second-order valence-corrected chi connectivity index (χ2v) is 4.95. The summed E-state index contributed by atoms with van der Waals surface area (Å²) in [7, 11) is 0. The van der Waals surface area contributed by atoms with Crippen molar-refractivity contribution in [3.8, 4) is 0 Å². The lowest BCUT2D eigenvalue weighted by Crippen LogP contribution is -2.15. The highest BCUT2D eigenvalue weighted by atomic mass is 79.9. The topological polar surface area (TPSA) is 67.2 Å². The van der Waals surface area contributed by atoms with Crippen LogP contribution in [0.3, 0.4) is 0 Å². The van der Waals surface area contributed by atoms with Gasteiger partial charge >= 0.3 is 0 Å². The standard InChI is InChI=1S/C17H17N3O2.BrH/c21-11-10-18-17-19-14-8-4-5-9-15(14)20(17)12-16(22)13-6-2-1-3-7-13;/h1-9,21H,10-12H2,(H,18,19);1H. The summed E-state index contributed by atoms with van der Waals surface area (Å²) in [4.78, 5) is 16.9. The van der Waals surface area contributed by atoms with E-state index in [1.807, 2.05) is 59.2 Å². The van der Waals surface area contributed by atoms with E-state index in [1.54, 1.807) is 0 Å². The minimum absolute atomic E-state index is 0. The number of anilines is 1. The van der Waals surface area contributed by atoms with Gasteiger partial charge in [-0.2, -0.15) is 0 Å². The average molecular weight is 376 g/mol. The maximum absolute atomic E-state index is 12.5. The Morgan fingerprint density at radius 2 is 1.78 bits per heavy atom. The zero-order valence-electron chi connectivity index (χ0n) is 12.5. The highest BCUT2D eigenvalue weighted by Crippen LogP contribution is 2.20. The van der Waals surface area contributed by atoms with Crippen molar-refractivity contribution in [3.63, 3.8) is 0 Å². The molecule has 2 N–H and O–H groups in total. The summed E-state index contributed by atoms with van der Waals surface area (Å²) < 4.78 is 1.85. The van der Waals surface area contributed by atoms with Crippen molar-refractivity contribution in [1.29, 1.82) is 0 Å². The molecule has 23 heavy (non-hydrogen) atoms. The quantitative estimate of drug-likeness (QED) is 0.650. The largest absolute Gasteiger partial charge is 0.395 e. The van der Waals surface area contributed by atoms with E-state index in [1.165, 1.54) is 0 Å². The summed E-state index contributed by atoms with van der Waals surface area (Å²) in [5.41, 5.74) is 2.39. The van der Waals surface area contributed by atoms with Gasteiger partial charge in [0.2, 0.25) is 5.95 Å². The summed E-state index contributed by atoms with van der Waals surface area (Å²) >= 11 is 0. The molecule has 0 saturated heterocycles. The molecule has 0 aliphatic carbocycles. The Kier molecular flexibility index (Phi) is 5.90. The number of aromatic nitrogens is 2. The number of carbonyl (C=O) groups excluding carboxylic acids is 1. The van der Waals surface area contributed by atoms with Crippen LogP contribution in [-0.2, 0) is 6.54 Å². The number of ketones is 1. The number of aliphatic hydroxyl groups excluding tert-OH is 1. The lowest BCUT2D eigenvalue weighted by molar-refractivity contribution is 0.0974. The summed E-state index contributed by atoms with van der Waals surface area (Å²) in [5.74, 6) is 0.621. The third kappa shape index (κ3) is 3.78. The molecule has 0 aliphatic heterocycles. The normalized spacial score (nSPS) is 10.3. The Morgan fingerprint density at radius 3 is 2.52 bits per heavy atom. The summed E-state index contributed by atoms with van der Waals surface area (Å²) in [6.07, 6.45) is 0. The molecule has 3 rings (SSSR count). The van der Waals surface area contributed by atoms with Crippen molar-refractivity contribution < 1.29 is 9.90 Å². The van der Waals surface area contributed by atoms with Gasteiger partial charge in [-0.3, -0.25) is 4.79 Å². The number of benzene rings is 2. The van der Waals surface area contributed by atoms with Crippen LogP contribution in [0, 0.1) is 0 Å². The molecule has 0 spiro atoms. The summed E-state index contributed by atoms with van der Waals surface area (Å²) in [6.45, 7) is 0.608. The Labute approximate surface area is 144 Å². The number of halogens is 1. The number of carbonyl (C=O) groups is 1. The van der Waals surface area contributed by atoms with Crippen molar-refractivity contribution in [2.45, 2.75) is 6.54 Å². The zero-order valence-corrected chi connectivity index (χ0v) is 14.2. The molecule has 0 radical (unpaired) electrons. The number of hydrogen-bond acceptors (Lipinski definition) is 4. The predicted molar refractivity (Wildman–Crippen MR) is 96.4 cm³/mol. The Morgan fingerprint density at radius 1 is 1.09 bits per heavy atom. The molecule has 0 atom stereocenters. The van der Waals surface area contributed by atoms with Crippen molar-refractivity contribution in [3.05, 3.63) is 60.2 Å². The lowest BCUT2D eigenvalue weighted by Gasteiger charge is -2.09. The van der Waals surface area contributed by atoms with Crippen LogP contribution in [0.25, 0.3) is 11.0 Å². The molecule has 1 heterocycles. The second kappa shape index (κ2) is 7.89. The van der Waals surface area contributed by atoms with Gasteiger partial charge in [0, 0.05) is 12.1 Å². The van der Waals surface area contributed by atoms with Crippen LogP contribution < -0.4 is 5.32 Å². The fourth-order valence-electron chi connectivity index (χ4n) is 2.40. The smallest absolute Gasteiger partial charge is 0.204 e. The molecular formula is C17H18BrN3O2. The second-order valence-electron chi connectivity index (χ2n) is 4.95. The fourth-order valence-corrected chi connectivity index (χ4v) is 2.40. The number of fused-ring (bicyclic) bond motifs is 1. The molecule has 0 bridgehead atoms.